The van der Waals surface area contributed by atoms with Gasteiger partial charge in [-0.2, -0.15) is 0 Å². The van der Waals surface area contributed by atoms with Gasteiger partial charge in [-0.3, -0.25) is 9.89 Å². The Morgan fingerprint density at radius 1 is 1.15 bits per heavy atom. The molecular weight excluding hydrogens is 328 g/mol. The van der Waals surface area contributed by atoms with Crippen LogP contribution in [0.5, 0.6) is 11.5 Å². The van der Waals surface area contributed by atoms with E-state index in [1.165, 1.54) is 25.9 Å². The fourth-order valence-electron chi connectivity index (χ4n) is 3.46. The number of hydrogen-bond acceptors (Lipinski definition) is 4. The lowest BCUT2D eigenvalue weighted by atomic mass is 10.0. The number of nitrogens with one attached hydrogen (secondary N) is 2. The van der Waals surface area contributed by atoms with E-state index >= 15 is 0 Å². The molecular formula is C20H34N4O2. The molecule has 0 aromatic heterocycles. The van der Waals surface area contributed by atoms with Crippen molar-refractivity contribution >= 4 is 5.96 Å². The molecule has 2 rings (SSSR count). The van der Waals surface area contributed by atoms with Gasteiger partial charge in [-0.05, 0) is 44.0 Å². The molecule has 1 saturated heterocycles. The number of guanidine groups is 1. The second kappa shape index (κ2) is 10.3. The Balaban J connectivity index is 1.91. The maximum absolute atomic E-state index is 5.46. The van der Waals surface area contributed by atoms with Gasteiger partial charge in [0, 0.05) is 37.8 Å². The van der Waals surface area contributed by atoms with Crippen molar-refractivity contribution in [1.82, 2.24) is 15.5 Å². The summed E-state index contributed by atoms with van der Waals surface area (Å²) in [6.45, 7) is 8.55. The lowest BCUT2D eigenvalue weighted by Crippen LogP contribution is -2.48. The average Bonchev–Trinajstić information content (AvgIpc) is 3.18. The van der Waals surface area contributed by atoms with Crippen molar-refractivity contribution in [3.63, 3.8) is 0 Å². The van der Waals surface area contributed by atoms with E-state index in [-0.39, 0.29) is 0 Å². The third-order valence-corrected chi connectivity index (χ3v) is 5.02. The van der Waals surface area contributed by atoms with Crippen LogP contribution in [0.3, 0.4) is 0 Å². The largest absolute Gasteiger partial charge is 0.497 e. The smallest absolute Gasteiger partial charge is 0.191 e. The topological polar surface area (TPSA) is 58.1 Å². The van der Waals surface area contributed by atoms with Crippen molar-refractivity contribution in [2.75, 3.05) is 40.9 Å². The van der Waals surface area contributed by atoms with E-state index in [1.807, 2.05) is 18.2 Å². The zero-order valence-electron chi connectivity index (χ0n) is 16.8. The number of ether oxygens (including phenoxy) is 2. The van der Waals surface area contributed by atoms with Gasteiger partial charge in [-0.1, -0.05) is 13.8 Å². The number of likely N-dealkylation sites (tertiary alicyclic amines) is 1. The lowest BCUT2D eigenvalue weighted by molar-refractivity contribution is 0.192. The number of benzene rings is 1. The highest BCUT2D eigenvalue weighted by molar-refractivity contribution is 5.79. The van der Waals surface area contributed by atoms with E-state index < -0.39 is 0 Å². The summed E-state index contributed by atoms with van der Waals surface area (Å²) in [5, 5.41) is 6.87. The molecule has 0 amide bonds. The molecule has 0 spiro atoms. The van der Waals surface area contributed by atoms with Crippen LogP contribution in [0.1, 0.15) is 32.3 Å². The molecule has 1 unspecified atom stereocenters. The van der Waals surface area contributed by atoms with Crippen LogP contribution in [0.2, 0.25) is 0 Å². The molecule has 26 heavy (non-hydrogen) atoms. The number of aliphatic imine (C=N–C) groups is 1. The first-order valence-corrected chi connectivity index (χ1v) is 9.48. The lowest BCUT2D eigenvalue weighted by Gasteiger charge is -2.31. The van der Waals surface area contributed by atoms with Crippen LogP contribution in [0.15, 0.2) is 23.2 Å². The number of methoxy groups -OCH3 is 2. The number of hydrogen-bond donors (Lipinski definition) is 2. The number of rotatable bonds is 8. The molecule has 6 nitrogen and oxygen atoms in total. The second-order valence-electron chi connectivity index (χ2n) is 7.04. The van der Waals surface area contributed by atoms with Crippen molar-refractivity contribution in [3.05, 3.63) is 23.8 Å². The van der Waals surface area contributed by atoms with Gasteiger partial charge in [0.1, 0.15) is 11.5 Å². The van der Waals surface area contributed by atoms with Crippen LogP contribution in [-0.2, 0) is 6.54 Å². The zero-order chi connectivity index (χ0) is 18.9. The van der Waals surface area contributed by atoms with Gasteiger partial charge in [-0.25, -0.2) is 0 Å². The van der Waals surface area contributed by atoms with Crippen LogP contribution in [0, 0.1) is 5.92 Å². The molecule has 0 bridgehead atoms. The maximum Gasteiger partial charge on any atom is 0.191 e. The van der Waals surface area contributed by atoms with E-state index in [2.05, 4.69) is 34.4 Å². The Kier molecular flexibility index (Phi) is 8.04. The molecule has 1 aromatic rings. The standard InChI is InChI=1S/C20H34N4O2/c1-15(2)18(24-10-6-7-11-24)14-23-20(21-3)22-13-16-8-9-17(25-4)12-19(16)26-5/h8-9,12,15,18H,6-7,10-11,13-14H2,1-5H3,(H2,21,22,23). The summed E-state index contributed by atoms with van der Waals surface area (Å²) in [4.78, 5) is 6.96. The molecule has 0 radical (unpaired) electrons. The molecule has 1 atom stereocenters. The van der Waals surface area contributed by atoms with Gasteiger partial charge in [0.25, 0.3) is 0 Å². The summed E-state index contributed by atoms with van der Waals surface area (Å²) < 4.78 is 10.7. The Bertz CT molecular complexity index is 583. The van der Waals surface area contributed by atoms with Crippen molar-refractivity contribution in [1.29, 1.82) is 0 Å². The fourth-order valence-corrected chi connectivity index (χ4v) is 3.46. The molecule has 0 aliphatic carbocycles. The Morgan fingerprint density at radius 3 is 2.46 bits per heavy atom. The monoisotopic (exact) mass is 362 g/mol. The molecule has 146 valence electrons. The summed E-state index contributed by atoms with van der Waals surface area (Å²) >= 11 is 0. The minimum atomic E-state index is 0.534. The molecule has 1 fully saturated rings. The molecule has 1 aliphatic rings. The van der Waals surface area contributed by atoms with Crippen molar-refractivity contribution in [2.45, 2.75) is 39.3 Å². The molecule has 1 aromatic carbocycles. The van der Waals surface area contributed by atoms with E-state index in [1.54, 1.807) is 21.3 Å². The molecule has 1 aliphatic heterocycles. The second-order valence-corrected chi connectivity index (χ2v) is 7.04. The highest BCUT2D eigenvalue weighted by Crippen LogP contribution is 2.24. The van der Waals surface area contributed by atoms with Gasteiger partial charge < -0.3 is 20.1 Å². The van der Waals surface area contributed by atoms with E-state index in [0.29, 0.717) is 18.5 Å². The summed E-state index contributed by atoms with van der Waals surface area (Å²) in [5.74, 6) is 3.02. The van der Waals surface area contributed by atoms with Gasteiger partial charge in [0.2, 0.25) is 0 Å². The van der Waals surface area contributed by atoms with Crippen molar-refractivity contribution in [2.24, 2.45) is 10.9 Å². The SMILES string of the molecule is CN=C(NCc1ccc(OC)cc1OC)NCC(C(C)C)N1CCCC1. The Hall–Kier alpha value is -1.95. The fraction of sp³-hybridized carbons (Fsp3) is 0.650. The maximum atomic E-state index is 5.46. The van der Waals surface area contributed by atoms with Gasteiger partial charge in [-0.15, -0.1) is 0 Å². The highest BCUT2D eigenvalue weighted by atomic mass is 16.5. The van der Waals surface area contributed by atoms with Crippen LogP contribution < -0.4 is 20.1 Å². The first kappa shape index (κ1) is 20.4. The highest BCUT2D eigenvalue weighted by Gasteiger charge is 2.24. The minimum absolute atomic E-state index is 0.534. The zero-order valence-corrected chi connectivity index (χ0v) is 16.8. The molecule has 6 heteroatoms. The van der Waals surface area contributed by atoms with E-state index in [9.17, 15) is 0 Å². The molecule has 1 heterocycles. The van der Waals surface area contributed by atoms with Crippen LogP contribution in [-0.4, -0.2) is 57.8 Å². The van der Waals surface area contributed by atoms with Gasteiger partial charge >= 0.3 is 0 Å². The normalized spacial score (nSPS) is 16.6. The predicted molar refractivity (Wildman–Crippen MR) is 107 cm³/mol. The first-order valence-electron chi connectivity index (χ1n) is 9.48. The van der Waals surface area contributed by atoms with E-state index in [0.717, 1.165) is 29.6 Å². The summed E-state index contributed by atoms with van der Waals surface area (Å²) in [6.07, 6.45) is 2.63. The summed E-state index contributed by atoms with van der Waals surface area (Å²) in [5.41, 5.74) is 1.07. The predicted octanol–water partition coefficient (Wildman–Crippen LogP) is 2.49. The number of nitrogens with zero attached hydrogens (tertiary/aromatic N) is 2. The van der Waals surface area contributed by atoms with Crippen LogP contribution >= 0.6 is 0 Å². The molecule has 0 saturated carbocycles. The van der Waals surface area contributed by atoms with E-state index in [4.69, 9.17) is 9.47 Å². The van der Waals surface area contributed by atoms with Crippen LogP contribution in [0.4, 0.5) is 0 Å². The summed E-state index contributed by atoms with van der Waals surface area (Å²) in [7, 11) is 5.14. The third kappa shape index (κ3) is 5.53. The van der Waals surface area contributed by atoms with Crippen LogP contribution in [0.25, 0.3) is 0 Å². The summed E-state index contributed by atoms with van der Waals surface area (Å²) in [6, 6.07) is 6.39. The van der Waals surface area contributed by atoms with Gasteiger partial charge in [0.05, 0.1) is 14.2 Å². The Labute approximate surface area is 158 Å². The third-order valence-electron chi connectivity index (χ3n) is 5.02. The van der Waals surface area contributed by atoms with Crippen molar-refractivity contribution in [3.8, 4) is 11.5 Å². The molecule has 2 N–H and O–H groups in total. The van der Waals surface area contributed by atoms with Gasteiger partial charge in [0.15, 0.2) is 5.96 Å². The average molecular weight is 363 g/mol. The first-order chi connectivity index (χ1) is 12.6. The van der Waals surface area contributed by atoms with Crippen molar-refractivity contribution < 1.29 is 9.47 Å². The minimum Gasteiger partial charge on any atom is -0.497 e. The Morgan fingerprint density at radius 2 is 1.88 bits per heavy atom. The quantitative estimate of drug-likeness (QED) is 0.550.